The first kappa shape index (κ1) is 19.6. The lowest BCUT2D eigenvalue weighted by Crippen LogP contribution is -1.96. The molecule has 28 heavy (non-hydrogen) atoms. The summed E-state index contributed by atoms with van der Waals surface area (Å²) in [7, 11) is 0. The van der Waals surface area contributed by atoms with E-state index in [-0.39, 0.29) is 29.1 Å². The summed E-state index contributed by atoms with van der Waals surface area (Å²) in [5, 5.41) is 20.8. The second-order valence-corrected chi connectivity index (χ2v) is 7.11. The van der Waals surface area contributed by atoms with Crippen molar-refractivity contribution in [1.29, 1.82) is 0 Å². The largest absolute Gasteiger partial charge is 0.507 e. The molecule has 0 saturated heterocycles. The molecule has 0 saturated carbocycles. The Hall–Kier alpha value is -3.14. The maximum absolute atomic E-state index is 13.6. The number of halogens is 2. The molecule has 0 heterocycles. The van der Waals surface area contributed by atoms with Crippen molar-refractivity contribution in [2.24, 2.45) is 0 Å². The van der Waals surface area contributed by atoms with Crippen LogP contribution in [-0.4, -0.2) is 10.2 Å². The van der Waals surface area contributed by atoms with Gasteiger partial charge >= 0.3 is 0 Å². The normalized spacial score (nSPS) is 11.8. The molecular weight excluding hydrogens is 358 g/mol. The van der Waals surface area contributed by atoms with E-state index in [0.29, 0.717) is 23.1 Å². The SMILES string of the molecule is CC(C)c1c(O)cc(C(=Cc2cccc(F)c2)Cc2cccc(F)c2)cc1O. The topological polar surface area (TPSA) is 40.5 Å². The first-order valence-corrected chi connectivity index (χ1v) is 9.10. The molecule has 0 spiro atoms. The molecule has 0 bridgehead atoms. The van der Waals surface area contributed by atoms with Gasteiger partial charge in [0.2, 0.25) is 0 Å². The molecule has 2 nitrogen and oxygen atoms in total. The predicted molar refractivity (Wildman–Crippen MR) is 108 cm³/mol. The van der Waals surface area contributed by atoms with Crippen molar-refractivity contribution >= 4 is 11.6 Å². The Morgan fingerprint density at radius 3 is 2.07 bits per heavy atom. The summed E-state index contributed by atoms with van der Waals surface area (Å²) in [5.41, 5.74) is 3.15. The van der Waals surface area contributed by atoms with Crippen molar-refractivity contribution in [3.63, 3.8) is 0 Å². The first-order chi connectivity index (χ1) is 13.3. The van der Waals surface area contributed by atoms with Crippen LogP contribution in [0.3, 0.4) is 0 Å². The molecule has 3 aromatic rings. The van der Waals surface area contributed by atoms with Gasteiger partial charge in [-0.1, -0.05) is 44.2 Å². The number of hydrogen-bond donors (Lipinski definition) is 2. The van der Waals surface area contributed by atoms with Crippen LogP contribution in [0.25, 0.3) is 11.6 Å². The minimum atomic E-state index is -0.361. The Labute approximate surface area is 163 Å². The van der Waals surface area contributed by atoms with Crippen LogP contribution in [0.15, 0.2) is 60.7 Å². The molecule has 0 aromatic heterocycles. The Balaban J connectivity index is 2.11. The zero-order valence-corrected chi connectivity index (χ0v) is 15.8. The van der Waals surface area contributed by atoms with E-state index in [1.54, 1.807) is 42.5 Å². The number of phenols is 2. The average Bonchev–Trinajstić information content (AvgIpc) is 2.60. The fourth-order valence-electron chi connectivity index (χ4n) is 3.30. The third-order valence-electron chi connectivity index (χ3n) is 4.56. The van der Waals surface area contributed by atoms with Crippen LogP contribution in [0.2, 0.25) is 0 Å². The van der Waals surface area contributed by atoms with E-state index in [2.05, 4.69) is 0 Å². The molecule has 0 aliphatic heterocycles. The maximum Gasteiger partial charge on any atom is 0.123 e. The summed E-state index contributed by atoms with van der Waals surface area (Å²) in [6.45, 7) is 3.76. The number of benzene rings is 3. The zero-order valence-electron chi connectivity index (χ0n) is 15.8. The van der Waals surface area contributed by atoms with Gasteiger partial charge < -0.3 is 10.2 Å². The Kier molecular flexibility index (Phi) is 5.78. The van der Waals surface area contributed by atoms with Gasteiger partial charge in [0.05, 0.1) is 0 Å². The molecule has 4 heteroatoms. The van der Waals surface area contributed by atoms with Crippen LogP contribution in [0.4, 0.5) is 8.78 Å². The number of hydrogen-bond acceptors (Lipinski definition) is 2. The average molecular weight is 380 g/mol. The van der Waals surface area contributed by atoms with Gasteiger partial charge in [-0.3, -0.25) is 0 Å². The van der Waals surface area contributed by atoms with Gasteiger partial charge in [-0.25, -0.2) is 8.78 Å². The molecule has 0 atom stereocenters. The van der Waals surface area contributed by atoms with Gasteiger partial charge in [0.1, 0.15) is 23.1 Å². The van der Waals surface area contributed by atoms with Gasteiger partial charge in [0.15, 0.2) is 0 Å². The van der Waals surface area contributed by atoms with Gasteiger partial charge in [-0.05, 0) is 71.0 Å². The molecule has 3 rings (SSSR count). The van der Waals surface area contributed by atoms with E-state index in [0.717, 1.165) is 11.1 Å². The maximum atomic E-state index is 13.6. The van der Waals surface area contributed by atoms with Crippen molar-refractivity contribution in [2.45, 2.75) is 26.2 Å². The zero-order chi connectivity index (χ0) is 20.3. The van der Waals surface area contributed by atoms with Crippen LogP contribution in [0.1, 0.15) is 42.0 Å². The second kappa shape index (κ2) is 8.26. The quantitative estimate of drug-likeness (QED) is 0.511. The van der Waals surface area contributed by atoms with E-state index < -0.39 is 0 Å². The van der Waals surface area contributed by atoms with Crippen LogP contribution in [-0.2, 0) is 6.42 Å². The van der Waals surface area contributed by atoms with Gasteiger partial charge in [0.25, 0.3) is 0 Å². The second-order valence-electron chi connectivity index (χ2n) is 7.11. The fraction of sp³-hybridized carbons (Fsp3) is 0.167. The number of allylic oxidation sites excluding steroid dienone is 1. The molecular formula is C24H22F2O2. The molecule has 144 valence electrons. The highest BCUT2D eigenvalue weighted by molar-refractivity contribution is 5.84. The minimum absolute atomic E-state index is 0.00520. The van der Waals surface area contributed by atoms with Crippen molar-refractivity contribution < 1.29 is 19.0 Å². The monoisotopic (exact) mass is 380 g/mol. The van der Waals surface area contributed by atoms with E-state index in [1.165, 1.54) is 24.3 Å². The summed E-state index contributed by atoms with van der Waals surface area (Å²) >= 11 is 0. The van der Waals surface area contributed by atoms with Gasteiger partial charge in [-0.15, -0.1) is 0 Å². The Morgan fingerprint density at radius 2 is 1.50 bits per heavy atom. The highest BCUT2D eigenvalue weighted by Crippen LogP contribution is 2.38. The van der Waals surface area contributed by atoms with E-state index in [1.807, 2.05) is 13.8 Å². The summed E-state index contributed by atoms with van der Waals surface area (Å²) in [4.78, 5) is 0. The summed E-state index contributed by atoms with van der Waals surface area (Å²) in [5.74, 6) is -0.764. The fourth-order valence-corrected chi connectivity index (χ4v) is 3.30. The van der Waals surface area contributed by atoms with Crippen LogP contribution in [0.5, 0.6) is 11.5 Å². The lowest BCUT2D eigenvalue weighted by atomic mass is 9.92. The van der Waals surface area contributed by atoms with E-state index >= 15 is 0 Å². The molecule has 0 aliphatic carbocycles. The molecule has 0 unspecified atom stereocenters. The van der Waals surface area contributed by atoms with Crippen molar-refractivity contribution in [3.05, 3.63) is 94.6 Å². The highest BCUT2D eigenvalue weighted by Gasteiger charge is 2.15. The molecule has 0 radical (unpaired) electrons. The van der Waals surface area contributed by atoms with Crippen LogP contribution >= 0.6 is 0 Å². The lowest BCUT2D eigenvalue weighted by Gasteiger charge is -2.15. The Bertz CT molecular complexity index is 1000. The third kappa shape index (κ3) is 4.58. The number of phenolic OH excluding ortho intramolecular Hbond substituents is 2. The molecule has 0 aliphatic rings. The van der Waals surface area contributed by atoms with Gasteiger partial charge in [0, 0.05) is 5.56 Å². The number of rotatable bonds is 5. The minimum Gasteiger partial charge on any atom is -0.507 e. The third-order valence-corrected chi connectivity index (χ3v) is 4.56. The standard InChI is InChI=1S/C24H22F2O2/c1-15(2)24-22(27)13-19(14-23(24)28)18(9-16-5-3-7-20(25)11-16)10-17-6-4-8-21(26)12-17/h3-9,11-15,27-28H,10H2,1-2H3. The van der Waals surface area contributed by atoms with E-state index in [9.17, 15) is 19.0 Å². The molecule has 3 aromatic carbocycles. The molecule has 2 N–H and O–H groups in total. The summed E-state index contributed by atoms with van der Waals surface area (Å²) < 4.78 is 27.2. The predicted octanol–water partition coefficient (Wildman–Crippen LogP) is 6.28. The number of aromatic hydroxyl groups is 2. The van der Waals surface area contributed by atoms with Crippen LogP contribution < -0.4 is 0 Å². The van der Waals surface area contributed by atoms with Crippen molar-refractivity contribution in [3.8, 4) is 11.5 Å². The van der Waals surface area contributed by atoms with Crippen molar-refractivity contribution in [2.75, 3.05) is 0 Å². The first-order valence-electron chi connectivity index (χ1n) is 9.10. The van der Waals surface area contributed by atoms with Crippen molar-refractivity contribution in [1.82, 2.24) is 0 Å². The van der Waals surface area contributed by atoms with Gasteiger partial charge in [-0.2, -0.15) is 0 Å². The molecule has 0 amide bonds. The summed E-state index contributed by atoms with van der Waals surface area (Å²) in [6, 6.07) is 15.5. The smallest absolute Gasteiger partial charge is 0.123 e. The van der Waals surface area contributed by atoms with Crippen LogP contribution in [0, 0.1) is 11.6 Å². The molecule has 0 fully saturated rings. The lowest BCUT2D eigenvalue weighted by molar-refractivity contribution is 0.433. The van der Waals surface area contributed by atoms with E-state index in [4.69, 9.17) is 0 Å². The highest BCUT2D eigenvalue weighted by atomic mass is 19.1. The Morgan fingerprint density at radius 1 is 0.893 bits per heavy atom. The summed E-state index contributed by atoms with van der Waals surface area (Å²) in [6.07, 6.45) is 2.13.